The molecule has 19 heavy (non-hydrogen) atoms. The highest BCUT2D eigenvalue weighted by molar-refractivity contribution is 7.91. The molecule has 5 nitrogen and oxygen atoms in total. The maximum absolute atomic E-state index is 12.0. The molecule has 1 saturated heterocycles. The SMILES string of the molecule is NCCc1ccc(C(=O)NC2CCS(=O)(=O)C2)cc1. The van der Waals surface area contributed by atoms with Crippen LogP contribution in [0.2, 0.25) is 0 Å². The summed E-state index contributed by atoms with van der Waals surface area (Å²) in [5.41, 5.74) is 7.09. The van der Waals surface area contributed by atoms with Crippen LogP contribution in [-0.4, -0.2) is 38.4 Å². The molecular weight excluding hydrogens is 264 g/mol. The van der Waals surface area contributed by atoms with Gasteiger partial charge in [0.05, 0.1) is 11.5 Å². The smallest absolute Gasteiger partial charge is 0.251 e. The number of carbonyl (C=O) groups is 1. The topological polar surface area (TPSA) is 89.3 Å². The first-order valence-electron chi connectivity index (χ1n) is 6.30. The molecule has 1 aromatic rings. The lowest BCUT2D eigenvalue weighted by Gasteiger charge is -2.11. The molecule has 0 aliphatic carbocycles. The average Bonchev–Trinajstić information content (AvgIpc) is 2.70. The second kappa shape index (κ2) is 5.71. The highest BCUT2D eigenvalue weighted by Gasteiger charge is 2.29. The Hall–Kier alpha value is -1.40. The fourth-order valence-electron chi connectivity index (χ4n) is 2.17. The van der Waals surface area contributed by atoms with Crippen molar-refractivity contribution < 1.29 is 13.2 Å². The molecule has 1 heterocycles. The fourth-order valence-corrected chi connectivity index (χ4v) is 3.84. The van der Waals surface area contributed by atoms with Crippen LogP contribution in [0.5, 0.6) is 0 Å². The molecule has 1 aliphatic heterocycles. The maximum Gasteiger partial charge on any atom is 0.251 e. The molecule has 6 heteroatoms. The van der Waals surface area contributed by atoms with Crippen LogP contribution in [0.25, 0.3) is 0 Å². The first-order valence-corrected chi connectivity index (χ1v) is 8.12. The minimum atomic E-state index is -2.97. The predicted octanol–water partition coefficient (Wildman–Crippen LogP) is 0.105. The van der Waals surface area contributed by atoms with Crippen LogP contribution in [0.15, 0.2) is 24.3 Å². The van der Waals surface area contributed by atoms with Crippen molar-refractivity contribution in [3.8, 4) is 0 Å². The Bertz CT molecular complexity index is 552. The summed E-state index contributed by atoms with van der Waals surface area (Å²) >= 11 is 0. The van der Waals surface area contributed by atoms with E-state index in [0.717, 1.165) is 12.0 Å². The second-order valence-corrected chi connectivity index (χ2v) is 7.04. The van der Waals surface area contributed by atoms with Crippen LogP contribution in [0, 0.1) is 0 Å². The maximum atomic E-state index is 12.0. The summed E-state index contributed by atoms with van der Waals surface area (Å²) < 4.78 is 22.6. The van der Waals surface area contributed by atoms with Crippen LogP contribution in [0.4, 0.5) is 0 Å². The van der Waals surface area contributed by atoms with E-state index in [0.29, 0.717) is 18.5 Å². The average molecular weight is 282 g/mol. The van der Waals surface area contributed by atoms with Crippen molar-refractivity contribution in [3.05, 3.63) is 35.4 Å². The minimum absolute atomic E-state index is 0.0456. The van der Waals surface area contributed by atoms with Crippen LogP contribution in [0.3, 0.4) is 0 Å². The Labute approximate surface area is 113 Å². The standard InChI is InChI=1S/C13H18N2O3S/c14-7-5-10-1-3-11(4-2-10)13(16)15-12-6-8-19(17,18)9-12/h1-4,12H,5-9,14H2,(H,15,16). The van der Waals surface area contributed by atoms with E-state index >= 15 is 0 Å². The molecule has 1 unspecified atom stereocenters. The van der Waals surface area contributed by atoms with Crippen molar-refractivity contribution in [3.63, 3.8) is 0 Å². The molecule has 1 amide bonds. The summed E-state index contributed by atoms with van der Waals surface area (Å²) in [6, 6.07) is 6.95. The zero-order chi connectivity index (χ0) is 13.9. The van der Waals surface area contributed by atoms with Gasteiger partial charge in [0.1, 0.15) is 0 Å². The summed E-state index contributed by atoms with van der Waals surface area (Å²) in [5.74, 6) is -0.0152. The number of benzene rings is 1. The van der Waals surface area contributed by atoms with E-state index in [1.165, 1.54) is 0 Å². The molecule has 104 valence electrons. The van der Waals surface area contributed by atoms with Gasteiger partial charge in [-0.05, 0) is 37.1 Å². The number of amides is 1. The number of rotatable bonds is 4. The Balaban J connectivity index is 1.96. The zero-order valence-corrected chi connectivity index (χ0v) is 11.4. The molecule has 0 spiro atoms. The Kier molecular flexibility index (Phi) is 4.21. The van der Waals surface area contributed by atoms with Gasteiger partial charge < -0.3 is 11.1 Å². The lowest BCUT2D eigenvalue weighted by molar-refractivity contribution is 0.0941. The zero-order valence-electron chi connectivity index (χ0n) is 10.6. The lowest BCUT2D eigenvalue weighted by atomic mass is 10.1. The fraction of sp³-hybridized carbons (Fsp3) is 0.462. The highest BCUT2D eigenvalue weighted by atomic mass is 32.2. The van der Waals surface area contributed by atoms with Crippen molar-refractivity contribution in [1.29, 1.82) is 0 Å². The number of hydrogen-bond acceptors (Lipinski definition) is 4. The largest absolute Gasteiger partial charge is 0.348 e. The van der Waals surface area contributed by atoms with Crippen molar-refractivity contribution in [2.75, 3.05) is 18.1 Å². The molecule has 3 N–H and O–H groups in total. The summed E-state index contributed by atoms with van der Waals surface area (Å²) in [7, 11) is -2.97. The second-order valence-electron chi connectivity index (χ2n) is 4.81. The van der Waals surface area contributed by atoms with Crippen LogP contribution in [-0.2, 0) is 16.3 Å². The number of sulfone groups is 1. The molecule has 1 aromatic carbocycles. The van der Waals surface area contributed by atoms with Gasteiger partial charge in [-0.25, -0.2) is 8.42 Å². The third-order valence-corrected chi connectivity index (χ3v) is 4.98. The van der Waals surface area contributed by atoms with Gasteiger partial charge in [0, 0.05) is 11.6 Å². The van der Waals surface area contributed by atoms with E-state index < -0.39 is 9.84 Å². The number of hydrogen-bond donors (Lipinski definition) is 2. The van der Waals surface area contributed by atoms with Crippen LogP contribution < -0.4 is 11.1 Å². The van der Waals surface area contributed by atoms with E-state index in [1.807, 2.05) is 12.1 Å². The third kappa shape index (κ3) is 3.78. The molecule has 0 saturated carbocycles. The normalized spacial score (nSPS) is 21.2. The molecule has 0 aromatic heterocycles. The van der Waals surface area contributed by atoms with Gasteiger partial charge in [-0.1, -0.05) is 12.1 Å². The molecule has 1 aliphatic rings. The Morgan fingerprint density at radius 1 is 1.32 bits per heavy atom. The van der Waals surface area contributed by atoms with Gasteiger partial charge in [-0.2, -0.15) is 0 Å². The Morgan fingerprint density at radius 3 is 2.53 bits per heavy atom. The Morgan fingerprint density at radius 2 is 2.00 bits per heavy atom. The molecule has 2 rings (SSSR count). The van der Waals surface area contributed by atoms with Crippen molar-refractivity contribution in [2.45, 2.75) is 18.9 Å². The molecular formula is C13H18N2O3S. The number of nitrogens with one attached hydrogen (secondary N) is 1. The number of nitrogens with two attached hydrogens (primary N) is 1. The van der Waals surface area contributed by atoms with E-state index in [9.17, 15) is 13.2 Å². The molecule has 0 radical (unpaired) electrons. The molecule has 0 bridgehead atoms. The summed E-state index contributed by atoms with van der Waals surface area (Å²) in [6.07, 6.45) is 1.28. The van der Waals surface area contributed by atoms with Crippen molar-refractivity contribution >= 4 is 15.7 Å². The monoisotopic (exact) mass is 282 g/mol. The molecule has 1 fully saturated rings. The lowest BCUT2D eigenvalue weighted by Crippen LogP contribution is -2.35. The van der Waals surface area contributed by atoms with Gasteiger partial charge in [-0.15, -0.1) is 0 Å². The first-order chi connectivity index (χ1) is 9.00. The van der Waals surface area contributed by atoms with E-state index in [2.05, 4.69) is 5.32 Å². The van der Waals surface area contributed by atoms with E-state index in [1.54, 1.807) is 12.1 Å². The van der Waals surface area contributed by atoms with E-state index in [-0.39, 0.29) is 23.5 Å². The van der Waals surface area contributed by atoms with Gasteiger partial charge in [0.15, 0.2) is 9.84 Å². The van der Waals surface area contributed by atoms with Gasteiger partial charge in [-0.3, -0.25) is 4.79 Å². The third-order valence-electron chi connectivity index (χ3n) is 3.22. The van der Waals surface area contributed by atoms with Crippen LogP contribution in [0.1, 0.15) is 22.3 Å². The quantitative estimate of drug-likeness (QED) is 0.820. The first kappa shape index (κ1) is 14.0. The van der Waals surface area contributed by atoms with Gasteiger partial charge in [0.25, 0.3) is 5.91 Å². The summed E-state index contributed by atoms with van der Waals surface area (Å²) in [4.78, 5) is 12.0. The summed E-state index contributed by atoms with van der Waals surface area (Å²) in [6.45, 7) is 0.575. The highest BCUT2D eigenvalue weighted by Crippen LogP contribution is 2.12. The van der Waals surface area contributed by atoms with Crippen molar-refractivity contribution in [1.82, 2.24) is 5.32 Å². The summed E-state index contributed by atoms with van der Waals surface area (Å²) in [5, 5.41) is 2.76. The van der Waals surface area contributed by atoms with Crippen molar-refractivity contribution in [2.24, 2.45) is 5.73 Å². The van der Waals surface area contributed by atoms with Crippen LogP contribution >= 0.6 is 0 Å². The molecule has 1 atom stereocenters. The number of carbonyl (C=O) groups excluding carboxylic acids is 1. The van der Waals surface area contributed by atoms with Gasteiger partial charge in [0.2, 0.25) is 0 Å². The van der Waals surface area contributed by atoms with Gasteiger partial charge >= 0.3 is 0 Å². The predicted molar refractivity (Wildman–Crippen MR) is 73.7 cm³/mol. The van der Waals surface area contributed by atoms with E-state index in [4.69, 9.17) is 5.73 Å². The minimum Gasteiger partial charge on any atom is -0.348 e.